The smallest absolute Gasteiger partial charge is 0.249 e. The first-order valence-electron chi connectivity index (χ1n) is 8.79. The van der Waals surface area contributed by atoms with E-state index in [0.29, 0.717) is 29.3 Å². The third kappa shape index (κ3) is 3.53. The largest absolute Gasteiger partial charge is 0.374 e. The molecular formula is C20H19FN4O2. The standard InChI is InChI=1S/C20H19FN4O2/c1-11-3-4-14(10-16(11)21)19-24-20(27-25-19)12(2)22-15-6-7-17-13(9-15)5-8-18(26)23-17/h3-4,6-7,9-10,12,22H,5,8H2,1-2H3,(H,23,26)/t12-/m1/s1. The Balaban J connectivity index is 1.50. The summed E-state index contributed by atoms with van der Waals surface area (Å²) >= 11 is 0. The molecule has 0 saturated heterocycles. The fourth-order valence-electron chi connectivity index (χ4n) is 3.05. The van der Waals surface area contributed by atoms with E-state index in [-0.39, 0.29) is 17.8 Å². The van der Waals surface area contributed by atoms with Crippen molar-refractivity contribution in [2.75, 3.05) is 10.6 Å². The van der Waals surface area contributed by atoms with E-state index in [2.05, 4.69) is 20.8 Å². The summed E-state index contributed by atoms with van der Waals surface area (Å²) < 4.78 is 19.1. The maximum atomic E-state index is 13.8. The van der Waals surface area contributed by atoms with Crippen molar-refractivity contribution >= 4 is 17.3 Å². The Morgan fingerprint density at radius 2 is 2.07 bits per heavy atom. The molecule has 0 fully saturated rings. The van der Waals surface area contributed by atoms with Crippen LogP contribution in [-0.4, -0.2) is 16.0 Å². The van der Waals surface area contributed by atoms with Gasteiger partial charge in [0.2, 0.25) is 17.6 Å². The van der Waals surface area contributed by atoms with E-state index in [4.69, 9.17) is 4.52 Å². The van der Waals surface area contributed by atoms with Gasteiger partial charge in [-0.05, 0) is 55.7 Å². The SMILES string of the molecule is Cc1ccc(-c2noc([C@@H](C)Nc3ccc4c(c3)CCC(=O)N4)n2)cc1F. The number of anilines is 2. The first-order valence-corrected chi connectivity index (χ1v) is 8.79. The number of aryl methyl sites for hydroxylation is 2. The zero-order valence-corrected chi connectivity index (χ0v) is 15.0. The molecule has 0 radical (unpaired) electrons. The molecule has 1 atom stereocenters. The van der Waals surface area contributed by atoms with E-state index in [9.17, 15) is 9.18 Å². The van der Waals surface area contributed by atoms with Gasteiger partial charge in [-0.25, -0.2) is 4.39 Å². The Labute approximate surface area is 155 Å². The second-order valence-corrected chi connectivity index (χ2v) is 6.71. The van der Waals surface area contributed by atoms with Crippen LogP contribution in [0.5, 0.6) is 0 Å². The van der Waals surface area contributed by atoms with Gasteiger partial charge in [0.05, 0.1) is 0 Å². The zero-order chi connectivity index (χ0) is 19.0. The average Bonchev–Trinajstić information content (AvgIpc) is 3.14. The highest BCUT2D eigenvalue weighted by Crippen LogP contribution is 2.28. The number of halogens is 1. The molecule has 2 heterocycles. The highest BCUT2D eigenvalue weighted by atomic mass is 19.1. The van der Waals surface area contributed by atoms with Crippen molar-refractivity contribution in [3.05, 3.63) is 59.2 Å². The first kappa shape index (κ1) is 17.2. The van der Waals surface area contributed by atoms with Crippen LogP contribution in [0.15, 0.2) is 40.9 Å². The molecule has 1 aliphatic rings. The van der Waals surface area contributed by atoms with Crippen molar-refractivity contribution in [1.29, 1.82) is 0 Å². The second kappa shape index (κ2) is 6.83. The van der Waals surface area contributed by atoms with Gasteiger partial charge in [0.25, 0.3) is 0 Å². The lowest BCUT2D eigenvalue weighted by Gasteiger charge is -2.19. The van der Waals surface area contributed by atoms with Gasteiger partial charge in [0, 0.05) is 23.4 Å². The Morgan fingerprint density at radius 1 is 1.22 bits per heavy atom. The van der Waals surface area contributed by atoms with Gasteiger partial charge in [-0.1, -0.05) is 17.3 Å². The van der Waals surface area contributed by atoms with E-state index in [1.54, 1.807) is 19.1 Å². The number of nitrogens with zero attached hydrogens (tertiary/aromatic N) is 2. The molecule has 1 amide bonds. The zero-order valence-electron chi connectivity index (χ0n) is 15.0. The molecule has 6 nitrogen and oxygen atoms in total. The Bertz CT molecular complexity index is 1010. The molecule has 0 saturated carbocycles. The maximum absolute atomic E-state index is 13.8. The topological polar surface area (TPSA) is 80.0 Å². The maximum Gasteiger partial charge on any atom is 0.249 e. The summed E-state index contributed by atoms with van der Waals surface area (Å²) in [6.07, 6.45) is 1.21. The van der Waals surface area contributed by atoms with Crippen LogP contribution in [0, 0.1) is 12.7 Å². The number of hydrogen-bond acceptors (Lipinski definition) is 5. The highest BCUT2D eigenvalue weighted by molar-refractivity contribution is 5.94. The summed E-state index contributed by atoms with van der Waals surface area (Å²) in [6.45, 7) is 3.62. The summed E-state index contributed by atoms with van der Waals surface area (Å²) in [5.74, 6) is 0.511. The number of fused-ring (bicyclic) bond motifs is 1. The fraction of sp³-hybridized carbons (Fsp3) is 0.250. The third-order valence-corrected chi connectivity index (χ3v) is 4.63. The normalized spacial score (nSPS) is 14.4. The number of aromatic nitrogens is 2. The number of hydrogen-bond donors (Lipinski definition) is 2. The molecule has 1 aliphatic heterocycles. The van der Waals surface area contributed by atoms with E-state index in [0.717, 1.165) is 23.4 Å². The molecule has 0 aliphatic carbocycles. The van der Waals surface area contributed by atoms with E-state index in [1.165, 1.54) is 6.07 Å². The van der Waals surface area contributed by atoms with Crippen molar-refractivity contribution in [3.63, 3.8) is 0 Å². The highest BCUT2D eigenvalue weighted by Gasteiger charge is 2.18. The monoisotopic (exact) mass is 366 g/mol. The van der Waals surface area contributed by atoms with Gasteiger partial charge in [-0.3, -0.25) is 4.79 Å². The van der Waals surface area contributed by atoms with Crippen LogP contribution in [0.3, 0.4) is 0 Å². The van der Waals surface area contributed by atoms with Crippen LogP contribution < -0.4 is 10.6 Å². The average molecular weight is 366 g/mol. The molecule has 2 N–H and O–H groups in total. The minimum atomic E-state index is -0.300. The predicted molar refractivity (Wildman–Crippen MR) is 99.9 cm³/mol. The number of carbonyl (C=O) groups is 1. The van der Waals surface area contributed by atoms with Crippen LogP contribution in [0.4, 0.5) is 15.8 Å². The van der Waals surface area contributed by atoms with Crippen molar-refractivity contribution in [2.24, 2.45) is 0 Å². The number of nitrogens with one attached hydrogen (secondary N) is 2. The van der Waals surface area contributed by atoms with Crippen molar-refractivity contribution < 1.29 is 13.7 Å². The summed E-state index contributed by atoms with van der Waals surface area (Å²) in [7, 11) is 0. The lowest BCUT2D eigenvalue weighted by atomic mass is 10.0. The minimum absolute atomic E-state index is 0.0440. The van der Waals surface area contributed by atoms with Gasteiger partial charge in [-0.15, -0.1) is 0 Å². The summed E-state index contributed by atoms with van der Waals surface area (Å²) in [6, 6.07) is 10.4. The molecule has 4 rings (SSSR count). The van der Waals surface area contributed by atoms with Crippen LogP contribution >= 0.6 is 0 Å². The lowest BCUT2D eigenvalue weighted by Crippen LogP contribution is -2.19. The molecule has 2 aromatic carbocycles. The van der Waals surface area contributed by atoms with Gasteiger partial charge in [0.1, 0.15) is 11.9 Å². The molecular weight excluding hydrogens is 347 g/mol. The predicted octanol–water partition coefficient (Wildman–Crippen LogP) is 4.24. The molecule has 0 unspecified atom stereocenters. The lowest BCUT2D eigenvalue weighted by molar-refractivity contribution is -0.116. The fourth-order valence-corrected chi connectivity index (χ4v) is 3.05. The van der Waals surface area contributed by atoms with E-state index in [1.807, 2.05) is 25.1 Å². The van der Waals surface area contributed by atoms with Gasteiger partial charge in [-0.2, -0.15) is 4.98 Å². The number of rotatable bonds is 4. The number of benzene rings is 2. The third-order valence-electron chi connectivity index (χ3n) is 4.63. The molecule has 0 bridgehead atoms. The van der Waals surface area contributed by atoms with Gasteiger partial charge >= 0.3 is 0 Å². The Kier molecular flexibility index (Phi) is 4.35. The Morgan fingerprint density at radius 3 is 2.89 bits per heavy atom. The van der Waals surface area contributed by atoms with E-state index < -0.39 is 0 Å². The van der Waals surface area contributed by atoms with Crippen molar-refractivity contribution in [2.45, 2.75) is 32.7 Å². The molecule has 1 aromatic heterocycles. The Hall–Kier alpha value is -3.22. The second-order valence-electron chi connectivity index (χ2n) is 6.71. The molecule has 3 aromatic rings. The summed E-state index contributed by atoms with van der Waals surface area (Å²) in [5.41, 5.74) is 3.99. The van der Waals surface area contributed by atoms with Crippen LogP contribution in [0.2, 0.25) is 0 Å². The van der Waals surface area contributed by atoms with Gasteiger partial charge < -0.3 is 15.2 Å². The molecule has 0 spiro atoms. The number of amides is 1. The van der Waals surface area contributed by atoms with Crippen LogP contribution in [0.25, 0.3) is 11.4 Å². The van der Waals surface area contributed by atoms with Crippen molar-refractivity contribution in [3.8, 4) is 11.4 Å². The molecule has 27 heavy (non-hydrogen) atoms. The minimum Gasteiger partial charge on any atom is -0.374 e. The number of carbonyl (C=O) groups excluding carboxylic acids is 1. The first-order chi connectivity index (χ1) is 13.0. The molecule has 7 heteroatoms. The summed E-state index contributed by atoms with van der Waals surface area (Å²) in [4.78, 5) is 15.8. The van der Waals surface area contributed by atoms with Gasteiger partial charge in [0.15, 0.2) is 0 Å². The quantitative estimate of drug-likeness (QED) is 0.722. The summed E-state index contributed by atoms with van der Waals surface area (Å²) in [5, 5.41) is 10.1. The van der Waals surface area contributed by atoms with Crippen LogP contribution in [-0.2, 0) is 11.2 Å². The molecule has 138 valence electrons. The van der Waals surface area contributed by atoms with Crippen molar-refractivity contribution in [1.82, 2.24) is 10.1 Å². The van der Waals surface area contributed by atoms with E-state index >= 15 is 0 Å². The van der Waals surface area contributed by atoms with Crippen LogP contribution in [0.1, 0.15) is 36.4 Å².